The Morgan fingerprint density at radius 3 is 2.47 bits per heavy atom. The van der Waals surface area contributed by atoms with Gasteiger partial charge in [0.2, 0.25) is 5.91 Å². The van der Waals surface area contributed by atoms with Gasteiger partial charge in [0.1, 0.15) is 0 Å². The van der Waals surface area contributed by atoms with Crippen LogP contribution in [0.25, 0.3) is 0 Å². The Morgan fingerprint density at radius 1 is 1.26 bits per heavy atom. The van der Waals surface area contributed by atoms with E-state index in [1.165, 1.54) is 0 Å². The molecule has 1 unspecified atom stereocenters. The smallest absolute Gasteiger partial charge is 0.239 e. The number of morpholine rings is 1. The summed E-state index contributed by atoms with van der Waals surface area (Å²) < 4.78 is 10.6. The summed E-state index contributed by atoms with van der Waals surface area (Å²) in [6, 6.07) is 0.355. The number of rotatable bonds is 4. The summed E-state index contributed by atoms with van der Waals surface area (Å²) in [5.41, 5.74) is 0. The molecule has 1 aliphatic carbocycles. The fourth-order valence-electron chi connectivity index (χ4n) is 2.95. The zero-order chi connectivity index (χ0) is 13.7. The van der Waals surface area contributed by atoms with Gasteiger partial charge in [0.05, 0.1) is 25.4 Å². The monoisotopic (exact) mass is 270 g/mol. The lowest BCUT2D eigenvalue weighted by atomic mass is 9.92. The van der Waals surface area contributed by atoms with Crippen molar-refractivity contribution in [3.05, 3.63) is 0 Å². The van der Waals surface area contributed by atoms with Gasteiger partial charge in [0, 0.05) is 26.2 Å². The Labute approximate surface area is 115 Å². The van der Waals surface area contributed by atoms with Crippen LogP contribution < -0.4 is 5.32 Å². The predicted octanol–water partition coefficient (Wildman–Crippen LogP) is 0.781. The molecule has 0 radical (unpaired) electrons. The lowest BCUT2D eigenvalue weighted by Crippen LogP contribution is -2.52. The van der Waals surface area contributed by atoms with Crippen molar-refractivity contribution >= 4 is 5.91 Å². The second-order valence-electron chi connectivity index (χ2n) is 5.54. The van der Waals surface area contributed by atoms with Crippen molar-refractivity contribution in [2.75, 3.05) is 33.4 Å². The van der Waals surface area contributed by atoms with Gasteiger partial charge in [-0.25, -0.2) is 0 Å². The van der Waals surface area contributed by atoms with E-state index >= 15 is 0 Å². The lowest BCUT2D eigenvalue weighted by Gasteiger charge is -2.33. The molecule has 1 aliphatic heterocycles. The SMILES string of the molecule is COC1CCC(NC(C)C(=O)N2CCOCC2)CC1. The lowest BCUT2D eigenvalue weighted by molar-refractivity contribution is -0.137. The molecule has 1 saturated carbocycles. The molecule has 0 aromatic carbocycles. The van der Waals surface area contributed by atoms with Gasteiger partial charge in [-0.05, 0) is 32.6 Å². The molecule has 0 bridgehead atoms. The van der Waals surface area contributed by atoms with Gasteiger partial charge in [-0.15, -0.1) is 0 Å². The topological polar surface area (TPSA) is 50.8 Å². The van der Waals surface area contributed by atoms with Crippen molar-refractivity contribution in [1.82, 2.24) is 10.2 Å². The number of hydrogen-bond donors (Lipinski definition) is 1. The molecule has 5 heteroatoms. The number of carbonyl (C=O) groups excluding carboxylic acids is 1. The van der Waals surface area contributed by atoms with E-state index in [0.717, 1.165) is 38.8 Å². The van der Waals surface area contributed by atoms with Gasteiger partial charge < -0.3 is 19.7 Å². The van der Waals surface area contributed by atoms with E-state index in [4.69, 9.17) is 9.47 Å². The van der Waals surface area contributed by atoms with E-state index in [9.17, 15) is 4.79 Å². The number of amides is 1. The number of methoxy groups -OCH3 is 1. The molecule has 1 atom stereocenters. The third-order valence-electron chi connectivity index (χ3n) is 4.19. The Balaban J connectivity index is 1.74. The highest BCUT2D eigenvalue weighted by atomic mass is 16.5. The first-order chi connectivity index (χ1) is 9.20. The predicted molar refractivity (Wildman–Crippen MR) is 73.0 cm³/mol. The Morgan fingerprint density at radius 2 is 1.89 bits per heavy atom. The van der Waals surface area contributed by atoms with Crippen LogP contribution in [0.4, 0.5) is 0 Å². The molecule has 1 heterocycles. The van der Waals surface area contributed by atoms with Crippen molar-refractivity contribution in [3.63, 3.8) is 0 Å². The first-order valence-electron chi connectivity index (χ1n) is 7.36. The first-order valence-corrected chi connectivity index (χ1v) is 7.36. The highest BCUT2D eigenvalue weighted by Gasteiger charge is 2.26. The van der Waals surface area contributed by atoms with Crippen LogP contribution in [0.3, 0.4) is 0 Å². The molecule has 1 amide bonds. The Kier molecular flexibility index (Phi) is 5.60. The van der Waals surface area contributed by atoms with Gasteiger partial charge >= 0.3 is 0 Å². The van der Waals surface area contributed by atoms with Gasteiger partial charge in [-0.1, -0.05) is 0 Å². The zero-order valence-electron chi connectivity index (χ0n) is 12.1. The molecule has 1 N–H and O–H groups in total. The molecule has 5 nitrogen and oxygen atoms in total. The van der Waals surface area contributed by atoms with Crippen molar-refractivity contribution < 1.29 is 14.3 Å². The van der Waals surface area contributed by atoms with Crippen molar-refractivity contribution in [1.29, 1.82) is 0 Å². The minimum atomic E-state index is -0.0952. The summed E-state index contributed by atoms with van der Waals surface area (Å²) in [5, 5.41) is 3.47. The number of nitrogens with zero attached hydrogens (tertiary/aromatic N) is 1. The summed E-state index contributed by atoms with van der Waals surface area (Å²) in [6.07, 6.45) is 4.78. The third-order valence-corrected chi connectivity index (χ3v) is 4.19. The normalized spacial score (nSPS) is 30.1. The largest absolute Gasteiger partial charge is 0.381 e. The van der Waals surface area contributed by atoms with E-state index in [2.05, 4.69) is 5.32 Å². The molecule has 2 fully saturated rings. The maximum atomic E-state index is 12.3. The van der Waals surface area contributed by atoms with Crippen molar-refractivity contribution in [2.45, 2.75) is 50.8 Å². The molecule has 0 aromatic heterocycles. The van der Waals surface area contributed by atoms with Crippen LogP contribution >= 0.6 is 0 Å². The highest BCUT2D eigenvalue weighted by Crippen LogP contribution is 2.21. The number of nitrogens with one attached hydrogen (secondary N) is 1. The van der Waals surface area contributed by atoms with Crippen molar-refractivity contribution in [2.24, 2.45) is 0 Å². The van der Waals surface area contributed by atoms with E-state index in [-0.39, 0.29) is 11.9 Å². The number of carbonyl (C=O) groups is 1. The number of ether oxygens (including phenoxy) is 2. The molecule has 110 valence electrons. The molecule has 0 spiro atoms. The first kappa shape index (κ1) is 14.8. The molecule has 19 heavy (non-hydrogen) atoms. The van der Waals surface area contributed by atoms with Crippen LogP contribution in [0.1, 0.15) is 32.6 Å². The summed E-state index contributed by atoms with van der Waals surface area (Å²) in [4.78, 5) is 14.2. The fourth-order valence-corrected chi connectivity index (χ4v) is 2.95. The van der Waals surface area contributed by atoms with E-state index in [1.54, 1.807) is 7.11 Å². The molecule has 1 saturated heterocycles. The minimum Gasteiger partial charge on any atom is -0.381 e. The quantitative estimate of drug-likeness (QED) is 0.820. The van der Waals surface area contributed by atoms with Crippen molar-refractivity contribution in [3.8, 4) is 0 Å². The Bertz CT molecular complexity index is 284. The Hall–Kier alpha value is -0.650. The van der Waals surface area contributed by atoms with E-state index in [0.29, 0.717) is 25.4 Å². The third kappa shape index (κ3) is 4.16. The van der Waals surface area contributed by atoms with E-state index in [1.807, 2.05) is 11.8 Å². The minimum absolute atomic E-state index is 0.0952. The summed E-state index contributed by atoms with van der Waals surface area (Å²) in [7, 11) is 1.78. The average Bonchev–Trinajstić information content (AvgIpc) is 2.48. The highest BCUT2D eigenvalue weighted by molar-refractivity contribution is 5.81. The van der Waals surface area contributed by atoms with E-state index < -0.39 is 0 Å². The van der Waals surface area contributed by atoms with Crippen LogP contribution in [-0.4, -0.2) is 62.4 Å². The molecule has 0 aromatic rings. The van der Waals surface area contributed by atoms with Crippen LogP contribution in [0, 0.1) is 0 Å². The summed E-state index contributed by atoms with van der Waals surface area (Å²) >= 11 is 0. The maximum Gasteiger partial charge on any atom is 0.239 e. The average molecular weight is 270 g/mol. The summed E-state index contributed by atoms with van der Waals surface area (Å²) in [5.74, 6) is 0.206. The fraction of sp³-hybridized carbons (Fsp3) is 0.929. The van der Waals surface area contributed by atoms with Gasteiger partial charge in [-0.2, -0.15) is 0 Å². The second-order valence-corrected chi connectivity index (χ2v) is 5.54. The molecular weight excluding hydrogens is 244 g/mol. The molecule has 2 aliphatic rings. The van der Waals surface area contributed by atoms with Gasteiger partial charge in [0.15, 0.2) is 0 Å². The maximum absolute atomic E-state index is 12.3. The van der Waals surface area contributed by atoms with Gasteiger partial charge in [-0.3, -0.25) is 4.79 Å². The number of hydrogen-bond acceptors (Lipinski definition) is 4. The summed E-state index contributed by atoms with van der Waals surface area (Å²) in [6.45, 7) is 4.75. The van der Waals surface area contributed by atoms with Gasteiger partial charge in [0.25, 0.3) is 0 Å². The van der Waals surface area contributed by atoms with Crippen LogP contribution in [-0.2, 0) is 14.3 Å². The molecular formula is C14H26N2O3. The molecule has 2 rings (SSSR count). The van der Waals surface area contributed by atoms with Crippen LogP contribution in [0.2, 0.25) is 0 Å². The second kappa shape index (κ2) is 7.22. The van der Waals surface area contributed by atoms with Crippen LogP contribution in [0.5, 0.6) is 0 Å². The standard InChI is InChI=1S/C14H26N2O3/c1-11(14(17)16-7-9-19-10-8-16)15-12-3-5-13(18-2)6-4-12/h11-13,15H,3-10H2,1-2H3. The zero-order valence-corrected chi connectivity index (χ0v) is 12.1. The van der Waals surface area contributed by atoms with Crippen LogP contribution in [0.15, 0.2) is 0 Å².